The van der Waals surface area contributed by atoms with Gasteiger partial charge >= 0.3 is 6.03 Å². The number of nitrogens with zero attached hydrogens (tertiary/aromatic N) is 1. The molecule has 0 radical (unpaired) electrons. The van der Waals surface area contributed by atoms with Gasteiger partial charge in [0.05, 0.1) is 0 Å². The highest BCUT2D eigenvalue weighted by molar-refractivity contribution is 5.95. The van der Waals surface area contributed by atoms with Gasteiger partial charge in [0.25, 0.3) is 0 Å². The molecule has 0 aliphatic carbocycles. The van der Waals surface area contributed by atoms with Crippen LogP contribution >= 0.6 is 0 Å². The predicted octanol–water partition coefficient (Wildman–Crippen LogP) is 1.71. The van der Waals surface area contributed by atoms with Crippen molar-refractivity contribution in [3.05, 3.63) is 0 Å². The molecule has 0 aliphatic heterocycles. The molecule has 0 unspecified atom stereocenters. The maximum Gasteiger partial charge on any atom is 0.323 e. The number of nitrogens with one attached hydrogen (secondary N) is 1. The average Bonchev–Trinajstić information content (AvgIpc) is 2.14. The van der Waals surface area contributed by atoms with E-state index in [4.69, 9.17) is 0 Å². The van der Waals surface area contributed by atoms with Crippen LogP contribution in [0.25, 0.3) is 0 Å². The first kappa shape index (κ1) is 13.9. The molecule has 4 heteroatoms. The van der Waals surface area contributed by atoms with Crippen molar-refractivity contribution < 1.29 is 9.59 Å². The van der Waals surface area contributed by atoms with E-state index in [1.54, 1.807) is 0 Å². The van der Waals surface area contributed by atoms with E-state index in [-0.39, 0.29) is 29.7 Å². The van der Waals surface area contributed by atoms with E-state index in [0.717, 1.165) is 4.90 Å². The summed E-state index contributed by atoms with van der Waals surface area (Å²) in [6.45, 7) is 8.00. The van der Waals surface area contributed by atoms with Gasteiger partial charge < -0.3 is 5.32 Å². The molecule has 0 spiro atoms. The molecule has 0 bridgehead atoms. The third-order valence-corrected chi connectivity index (χ3v) is 2.57. The Bertz CT molecular complexity index is 229. The Kier molecular flexibility index (Phi) is 5.33. The molecule has 1 N–H and O–H groups in total. The Morgan fingerprint density at radius 3 is 1.73 bits per heavy atom. The summed E-state index contributed by atoms with van der Waals surface area (Å²) in [4.78, 5) is 24.4. The molecule has 0 heterocycles. The van der Waals surface area contributed by atoms with Crippen molar-refractivity contribution in [2.24, 2.45) is 17.8 Å². The fourth-order valence-electron chi connectivity index (χ4n) is 1.83. The quantitative estimate of drug-likeness (QED) is 0.777. The minimum Gasteiger partial charge on any atom is -0.341 e. The highest BCUT2D eigenvalue weighted by Gasteiger charge is 2.30. The van der Waals surface area contributed by atoms with Gasteiger partial charge in [-0.2, -0.15) is 0 Å². The lowest BCUT2D eigenvalue weighted by Gasteiger charge is -2.27. The molecule has 88 valence electrons. The number of amides is 3. The monoisotopic (exact) mass is 214 g/mol. The average molecular weight is 214 g/mol. The third kappa shape index (κ3) is 3.53. The first-order valence-electron chi connectivity index (χ1n) is 5.32. The maximum atomic E-state index is 12.0. The van der Waals surface area contributed by atoms with Crippen molar-refractivity contribution in [2.45, 2.75) is 27.7 Å². The Hall–Kier alpha value is -1.06. The third-order valence-electron chi connectivity index (χ3n) is 2.57. The summed E-state index contributed by atoms with van der Waals surface area (Å²) in [7, 11) is 3.03. The van der Waals surface area contributed by atoms with Crippen molar-refractivity contribution in [1.29, 1.82) is 0 Å². The summed E-state index contributed by atoms with van der Waals surface area (Å²) in [6, 6.07) is -0.355. The summed E-state index contributed by atoms with van der Waals surface area (Å²) in [5, 5.41) is 2.44. The van der Waals surface area contributed by atoms with Gasteiger partial charge in [0, 0.05) is 20.0 Å². The van der Waals surface area contributed by atoms with Crippen molar-refractivity contribution in [3.63, 3.8) is 0 Å². The van der Waals surface area contributed by atoms with E-state index in [1.807, 2.05) is 27.7 Å². The summed E-state index contributed by atoms with van der Waals surface area (Å²) in [5.41, 5.74) is 0. The Labute approximate surface area is 92.0 Å². The molecule has 0 aromatic carbocycles. The fraction of sp³-hybridized carbons (Fsp3) is 0.818. The van der Waals surface area contributed by atoms with Crippen LogP contribution in [-0.2, 0) is 4.79 Å². The fourth-order valence-corrected chi connectivity index (χ4v) is 1.83. The molecule has 0 aromatic heterocycles. The zero-order valence-corrected chi connectivity index (χ0v) is 10.5. The molecule has 15 heavy (non-hydrogen) atoms. The lowest BCUT2D eigenvalue weighted by molar-refractivity contribution is -0.134. The largest absolute Gasteiger partial charge is 0.341 e. The number of carbonyl (C=O) groups excluding carboxylic acids is 2. The molecular weight excluding hydrogens is 192 g/mol. The van der Waals surface area contributed by atoms with E-state index < -0.39 is 0 Å². The highest BCUT2D eigenvalue weighted by Crippen LogP contribution is 2.22. The van der Waals surface area contributed by atoms with E-state index in [9.17, 15) is 9.59 Å². The molecule has 0 atom stereocenters. The Balaban J connectivity index is 4.72. The topological polar surface area (TPSA) is 49.4 Å². The number of urea groups is 1. The molecule has 0 saturated carbocycles. The number of hydrogen-bond donors (Lipinski definition) is 1. The summed E-state index contributed by atoms with van der Waals surface area (Å²) < 4.78 is 0. The Morgan fingerprint density at radius 1 is 1.07 bits per heavy atom. The minimum atomic E-state index is -0.355. The van der Waals surface area contributed by atoms with Crippen LogP contribution in [0.15, 0.2) is 0 Å². The number of hydrogen-bond acceptors (Lipinski definition) is 2. The Morgan fingerprint density at radius 2 is 1.47 bits per heavy atom. The second-order valence-corrected chi connectivity index (χ2v) is 4.47. The predicted molar refractivity (Wildman–Crippen MR) is 60.4 cm³/mol. The van der Waals surface area contributed by atoms with Crippen LogP contribution in [0, 0.1) is 17.8 Å². The van der Waals surface area contributed by atoms with Crippen LogP contribution in [0.1, 0.15) is 27.7 Å². The minimum absolute atomic E-state index is 0.104. The van der Waals surface area contributed by atoms with Crippen LogP contribution in [0.2, 0.25) is 0 Å². The maximum absolute atomic E-state index is 12.0. The van der Waals surface area contributed by atoms with Gasteiger partial charge in [-0.3, -0.25) is 9.69 Å². The zero-order valence-electron chi connectivity index (χ0n) is 10.5. The number of carbonyl (C=O) groups is 2. The molecule has 3 amide bonds. The van der Waals surface area contributed by atoms with Crippen molar-refractivity contribution in [1.82, 2.24) is 10.2 Å². The smallest absolute Gasteiger partial charge is 0.323 e. The number of rotatable bonds is 3. The molecule has 0 aliphatic rings. The standard InChI is InChI=1S/C11H22N2O2/c1-7(2)9(8(3)4)10(14)13(6)11(15)12-5/h7-9H,1-6H3,(H,12,15). The molecule has 0 fully saturated rings. The highest BCUT2D eigenvalue weighted by atomic mass is 16.2. The summed E-state index contributed by atoms with van der Waals surface area (Å²) in [5.74, 6) is 0.265. The van der Waals surface area contributed by atoms with E-state index >= 15 is 0 Å². The van der Waals surface area contributed by atoms with Gasteiger partial charge in [-0.15, -0.1) is 0 Å². The van der Waals surface area contributed by atoms with Crippen LogP contribution in [-0.4, -0.2) is 30.9 Å². The van der Waals surface area contributed by atoms with E-state index in [0.29, 0.717) is 0 Å². The summed E-state index contributed by atoms with van der Waals surface area (Å²) in [6.07, 6.45) is 0. The van der Waals surface area contributed by atoms with Crippen LogP contribution in [0.5, 0.6) is 0 Å². The van der Waals surface area contributed by atoms with Gasteiger partial charge in [0.2, 0.25) is 5.91 Å². The number of imide groups is 1. The first-order chi connectivity index (χ1) is 6.82. The van der Waals surface area contributed by atoms with Gasteiger partial charge in [-0.25, -0.2) is 4.79 Å². The van der Waals surface area contributed by atoms with Crippen LogP contribution in [0.3, 0.4) is 0 Å². The molecular formula is C11H22N2O2. The second kappa shape index (κ2) is 5.73. The lowest BCUT2D eigenvalue weighted by atomic mass is 9.84. The molecule has 0 aromatic rings. The van der Waals surface area contributed by atoms with Crippen molar-refractivity contribution in [3.8, 4) is 0 Å². The molecule has 0 saturated heterocycles. The van der Waals surface area contributed by atoms with Gasteiger partial charge in [0.15, 0.2) is 0 Å². The van der Waals surface area contributed by atoms with Gasteiger partial charge in [-0.05, 0) is 11.8 Å². The van der Waals surface area contributed by atoms with E-state index in [2.05, 4.69) is 5.32 Å². The van der Waals surface area contributed by atoms with Crippen LogP contribution in [0.4, 0.5) is 4.79 Å². The zero-order chi connectivity index (χ0) is 12.2. The molecule has 0 rings (SSSR count). The van der Waals surface area contributed by atoms with Crippen LogP contribution < -0.4 is 5.32 Å². The molecule has 4 nitrogen and oxygen atoms in total. The van der Waals surface area contributed by atoms with Gasteiger partial charge in [-0.1, -0.05) is 27.7 Å². The normalized spacial score (nSPS) is 11.0. The van der Waals surface area contributed by atoms with Crippen molar-refractivity contribution >= 4 is 11.9 Å². The van der Waals surface area contributed by atoms with Gasteiger partial charge in [0.1, 0.15) is 0 Å². The van der Waals surface area contributed by atoms with Crippen molar-refractivity contribution in [2.75, 3.05) is 14.1 Å². The SMILES string of the molecule is CNC(=O)N(C)C(=O)C(C(C)C)C(C)C. The first-order valence-corrected chi connectivity index (χ1v) is 5.32. The second-order valence-electron chi connectivity index (χ2n) is 4.47. The van der Waals surface area contributed by atoms with E-state index in [1.165, 1.54) is 14.1 Å². The summed E-state index contributed by atoms with van der Waals surface area (Å²) >= 11 is 0. The lowest BCUT2D eigenvalue weighted by Crippen LogP contribution is -2.45.